The molecule has 9 heteroatoms. The quantitative estimate of drug-likeness (QED) is 0.242. The third kappa shape index (κ3) is 4.81. The molecule has 2 N–H and O–H groups in total. The Labute approximate surface area is 240 Å². The number of thiophene rings is 1. The first-order valence-corrected chi connectivity index (χ1v) is 14.5. The maximum Gasteiger partial charge on any atom is 0.265 e. The summed E-state index contributed by atoms with van der Waals surface area (Å²) >= 11 is 1.38. The Morgan fingerprint density at radius 1 is 1.12 bits per heavy atom. The van der Waals surface area contributed by atoms with Crippen LogP contribution in [-0.4, -0.2) is 32.1 Å². The van der Waals surface area contributed by atoms with Crippen molar-refractivity contribution in [1.29, 1.82) is 0 Å². The first kappa shape index (κ1) is 25.6. The lowest BCUT2D eigenvalue weighted by Crippen LogP contribution is -2.31. The first-order chi connectivity index (χ1) is 20.0. The molecule has 1 amide bonds. The van der Waals surface area contributed by atoms with Crippen LogP contribution in [0, 0.1) is 12.7 Å². The van der Waals surface area contributed by atoms with Gasteiger partial charge in [0.1, 0.15) is 18.0 Å². The van der Waals surface area contributed by atoms with E-state index >= 15 is 0 Å². The van der Waals surface area contributed by atoms with Crippen LogP contribution in [0.5, 0.6) is 0 Å². The number of nitrogens with one attached hydrogen (secondary N) is 1. The van der Waals surface area contributed by atoms with Gasteiger partial charge in [0.05, 0.1) is 22.0 Å². The minimum absolute atomic E-state index is 0.199. The smallest absolute Gasteiger partial charge is 0.265 e. The molecule has 2 aromatic carbocycles. The molecular formula is C32H28FN5O2S. The standard InChI is InChI=1S/C32H28FN5O2S/c1-19-6-4-8-23(33)29(19)36-31(39)27-16-21-14-15-38(26-10-3-2-7-22(26)30(21)41-27)32(40)24-9-5-11-28(35-24)37-17-25(34-18-37)20-12-13-20/h2-11,16-18,20,32,40H,12-15H2,1H3,(H,36,39). The molecule has 7 rings (SSSR count). The number of carbonyl (C=O) groups excluding carboxylic acids is 1. The van der Waals surface area contributed by atoms with E-state index in [1.807, 2.05) is 64.2 Å². The number of fused-ring (bicyclic) bond motifs is 3. The predicted molar refractivity (Wildman–Crippen MR) is 158 cm³/mol. The monoisotopic (exact) mass is 565 g/mol. The van der Waals surface area contributed by atoms with Gasteiger partial charge in [0.25, 0.3) is 5.91 Å². The lowest BCUT2D eigenvalue weighted by Gasteiger charge is -2.30. The fourth-order valence-electron chi connectivity index (χ4n) is 5.39. The second-order valence-electron chi connectivity index (χ2n) is 10.6. The summed E-state index contributed by atoms with van der Waals surface area (Å²) in [4.78, 5) is 25.9. The Balaban J connectivity index is 1.18. The molecular weight excluding hydrogens is 537 g/mol. The molecule has 2 aliphatic rings. The number of benzene rings is 2. The predicted octanol–water partition coefficient (Wildman–Crippen LogP) is 6.63. The van der Waals surface area contributed by atoms with Crippen molar-refractivity contribution in [1.82, 2.24) is 14.5 Å². The third-order valence-corrected chi connectivity index (χ3v) is 8.96. The molecule has 1 fully saturated rings. The van der Waals surface area contributed by atoms with Gasteiger partial charge >= 0.3 is 0 Å². The zero-order valence-electron chi connectivity index (χ0n) is 22.4. The van der Waals surface area contributed by atoms with Crippen LogP contribution in [0.1, 0.15) is 57.2 Å². The number of para-hydroxylation sites is 2. The molecule has 41 heavy (non-hydrogen) atoms. The number of aliphatic hydroxyl groups excluding tert-OH is 1. The van der Waals surface area contributed by atoms with Crippen LogP contribution in [0.3, 0.4) is 0 Å². The number of nitrogens with zero attached hydrogens (tertiary/aromatic N) is 4. The average molecular weight is 566 g/mol. The maximum atomic E-state index is 14.4. The van der Waals surface area contributed by atoms with Gasteiger partial charge in [-0.05, 0) is 67.6 Å². The molecule has 3 aromatic heterocycles. The molecule has 0 spiro atoms. The van der Waals surface area contributed by atoms with Crippen molar-refractivity contribution < 1.29 is 14.3 Å². The van der Waals surface area contributed by atoms with Crippen LogP contribution in [0.4, 0.5) is 15.8 Å². The van der Waals surface area contributed by atoms with Crippen molar-refractivity contribution in [2.45, 2.75) is 38.3 Å². The number of imidazole rings is 1. The number of carbonyl (C=O) groups is 1. The van der Waals surface area contributed by atoms with Crippen molar-refractivity contribution >= 4 is 28.6 Å². The Kier molecular flexibility index (Phi) is 6.40. The molecule has 1 aliphatic carbocycles. The molecule has 1 unspecified atom stereocenters. The summed E-state index contributed by atoms with van der Waals surface area (Å²) in [6.45, 7) is 2.29. The van der Waals surface area contributed by atoms with E-state index in [0.717, 1.165) is 27.4 Å². The van der Waals surface area contributed by atoms with Gasteiger partial charge < -0.3 is 15.3 Å². The summed E-state index contributed by atoms with van der Waals surface area (Å²) in [6, 6.07) is 20.2. The number of halogens is 1. The van der Waals surface area contributed by atoms with Gasteiger partial charge in [0.15, 0.2) is 6.23 Å². The van der Waals surface area contributed by atoms with Crippen molar-refractivity contribution in [3.8, 4) is 16.3 Å². The van der Waals surface area contributed by atoms with Gasteiger partial charge in [-0.1, -0.05) is 36.4 Å². The summed E-state index contributed by atoms with van der Waals surface area (Å²) in [5, 5.41) is 14.4. The van der Waals surface area contributed by atoms with Gasteiger partial charge in [-0.2, -0.15) is 0 Å². The summed E-state index contributed by atoms with van der Waals surface area (Å²) in [5.74, 6) is 0.468. The van der Waals surface area contributed by atoms with Gasteiger partial charge in [-0.15, -0.1) is 11.3 Å². The SMILES string of the molecule is Cc1cccc(F)c1NC(=O)c1cc2c(s1)-c1ccccc1N(C(O)c1cccc(-n3cnc(C4CC4)c3)n1)CC2. The topological polar surface area (TPSA) is 83.3 Å². The minimum atomic E-state index is -0.969. The number of aryl methyl sites for hydroxylation is 1. The van der Waals surface area contributed by atoms with E-state index in [0.29, 0.717) is 40.8 Å². The normalized spacial score (nSPS) is 15.1. The largest absolute Gasteiger partial charge is 0.368 e. The summed E-state index contributed by atoms with van der Waals surface area (Å²) in [7, 11) is 0. The highest BCUT2D eigenvalue weighted by atomic mass is 32.1. The van der Waals surface area contributed by atoms with Crippen LogP contribution in [0.2, 0.25) is 0 Å². The van der Waals surface area contributed by atoms with Crippen molar-refractivity contribution in [2.24, 2.45) is 0 Å². The Morgan fingerprint density at radius 2 is 1.95 bits per heavy atom. The summed E-state index contributed by atoms with van der Waals surface area (Å²) < 4.78 is 16.3. The summed E-state index contributed by atoms with van der Waals surface area (Å²) in [6.07, 6.45) is 5.82. The molecule has 7 nitrogen and oxygen atoms in total. The van der Waals surface area contributed by atoms with E-state index < -0.39 is 12.0 Å². The van der Waals surface area contributed by atoms with Gasteiger partial charge in [0, 0.05) is 34.8 Å². The summed E-state index contributed by atoms with van der Waals surface area (Å²) in [5.41, 5.74) is 5.31. The average Bonchev–Trinajstić information content (AvgIpc) is 3.60. The molecule has 5 aromatic rings. The lowest BCUT2D eigenvalue weighted by molar-refractivity contribution is 0.103. The number of aliphatic hydroxyl groups is 1. The number of rotatable bonds is 6. The van der Waals surface area contributed by atoms with E-state index in [9.17, 15) is 14.3 Å². The highest BCUT2D eigenvalue weighted by molar-refractivity contribution is 7.17. The Hall–Kier alpha value is -4.34. The highest BCUT2D eigenvalue weighted by Crippen LogP contribution is 2.43. The third-order valence-electron chi connectivity index (χ3n) is 7.75. The van der Waals surface area contributed by atoms with Crippen LogP contribution in [0.25, 0.3) is 16.3 Å². The minimum Gasteiger partial charge on any atom is -0.368 e. The molecule has 1 aliphatic heterocycles. The molecule has 206 valence electrons. The van der Waals surface area contributed by atoms with Crippen LogP contribution < -0.4 is 10.2 Å². The van der Waals surface area contributed by atoms with Crippen LogP contribution in [0.15, 0.2) is 79.3 Å². The number of amides is 1. The molecule has 0 radical (unpaired) electrons. The van der Waals surface area contributed by atoms with Crippen LogP contribution in [-0.2, 0) is 6.42 Å². The van der Waals surface area contributed by atoms with Crippen LogP contribution >= 0.6 is 11.3 Å². The van der Waals surface area contributed by atoms with E-state index in [-0.39, 0.29) is 11.6 Å². The molecule has 0 bridgehead atoms. The zero-order valence-corrected chi connectivity index (χ0v) is 23.2. The van der Waals surface area contributed by atoms with Crippen molar-refractivity contribution in [3.05, 3.63) is 112 Å². The van der Waals surface area contributed by atoms with Gasteiger partial charge in [-0.25, -0.2) is 14.4 Å². The van der Waals surface area contributed by atoms with E-state index in [2.05, 4.69) is 10.3 Å². The fraction of sp³-hybridized carbons (Fsp3) is 0.219. The number of pyridine rings is 1. The lowest BCUT2D eigenvalue weighted by atomic mass is 10.1. The zero-order chi connectivity index (χ0) is 28.1. The number of hydrogen-bond acceptors (Lipinski definition) is 6. The molecule has 4 heterocycles. The Bertz CT molecular complexity index is 1760. The number of aromatic nitrogens is 3. The van der Waals surface area contributed by atoms with E-state index in [1.165, 1.54) is 30.2 Å². The van der Waals surface area contributed by atoms with Crippen molar-refractivity contribution in [2.75, 3.05) is 16.8 Å². The number of anilines is 2. The Morgan fingerprint density at radius 3 is 2.78 bits per heavy atom. The number of hydrogen-bond donors (Lipinski definition) is 2. The fourth-order valence-corrected chi connectivity index (χ4v) is 6.53. The second kappa shape index (κ2) is 10.2. The van der Waals surface area contributed by atoms with Crippen molar-refractivity contribution in [3.63, 3.8) is 0 Å². The first-order valence-electron chi connectivity index (χ1n) is 13.7. The molecule has 1 atom stereocenters. The second-order valence-corrected chi connectivity index (χ2v) is 11.6. The maximum absolute atomic E-state index is 14.4. The highest BCUT2D eigenvalue weighted by Gasteiger charge is 2.29. The van der Waals surface area contributed by atoms with E-state index in [4.69, 9.17) is 4.98 Å². The molecule has 0 saturated heterocycles. The van der Waals surface area contributed by atoms with E-state index in [1.54, 1.807) is 25.4 Å². The van der Waals surface area contributed by atoms with Gasteiger partial charge in [-0.3, -0.25) is 9.36 Å². The molecule has 1 saturated carbocycles. The van der Waals surface area contributed by atoms with Gasteiger partial charge in [0.2, 0.25) is 0 Å².